The molecule has 0 aromatic heterocycles. The molecule has 0 bridgehead atoms. The molecular formula is C18H12ClNO3. The van der Waals surface area contributed by atoms with E-state index in [4.69, 9.17) is 11.6 Å². The third-order valence-electron chi connectivity index (χ3n) is 3.53. The van der Waals surface area contributed by atoms with Gasteiger partial charge in [0, 0.05) is 11.1 Å². The lowest BCUT2D eigenvalue weighted by molar-refractivity contribution is -0.119. The smallest absolute Gasteiger partial charge is 0.228 e. The average molecular weight is 326 g/mol. The number of Topliss-reactive ketones (excluding diaryl/α,β-unsaturated/α-hetero) is 2. The minimum atomic E-state index is -0.461. The van der Waals surface area contributed by atoms with Crippen LogP contribution in [0.5, 0.6) is 0 Å². The monoisotopic (exact) mass is 325 g/mol. The SMILES string of the molecule is O=C(Cc1ccccc1)NC1=C(Cl)C(=O)c2ccccc2C1=O. The van der Waals surface area contributed by atoms with Gasteiger partial charge in [-0.2, -0.15) is 0 Å². The minimum Gasteiger partial charge on any atom is -0.321 e. The molecule has 0 saturated carbocycles. The van der Waals surface area contributed by atoms with Crippen molar-refractivity contribution in [1.29, 1.82) is 0 Å². The summed E-state index contributed by atoms with van der Waals surface area (Å²) in [6, 6.07) is 15.5. The van der Waals surface area contributed by atoms with Crippen LogP contribution in [0, 0.1) is 0 Å². The summed E-state index contributed by atoms with van der Waals surface area (Å²) in [5.41, 5.74) is 1.15. The Bertz CT molecular complexity index is 840. The zero-order valence-corrected chi connectivity index (χ0v) is 12.8. The third-order valence-corrected chi connectivity index (χ3v) is 3.89. The molecule has 3 rings (SSSR count). The van der Waals surface area contributed by atoms with Gasteiger partial charge in [0.25, 0.3) is 0 Å². The van der Waals surface area contributed by atoms with Crippen LogP contribution < -0.4 is 5.32 Å². The van der Waals surface area contributed by atoms with Crippen molar-refractivity contribution in [2.45, 2.75) is 6.42 Å². The molecule has 2 aromatic rings. The summed E-state index contributed by atoms with van der Waals surface area (Å²) in [6.45, 7) is 0. The van der Waals surface area contributed by atoms with Crippen LogP contribution in [0.25, 0.3) is 0 Å². The van der Waals surface area contributed by atoms with Crippen molar-refractivity contribution in [3.8, 4) is 0 Å². The van der Waals surface area contributed by atoms with Crippen molar-refractivity contribution < 1.29 is 14.4 Å². The Morgan fingerprint density at radius 3 is 2.09 bits per heavy atom. The second kappa shape index (κ2) is 6.18. The van der Waals surface area contributed by atoms with Crippen molar-refractivity contribution in [3.05, 3.63) is 82.0 Å². The maximum atomic E-state index is 12.5. The zero-order chi connectivity index (χ0) is 16.4. The standard InChI is InChI=1S/C18H12ClNO3/c19-15-16(20-14(21)10-11-6-2-1-3-7-11)18(23)13-9-5-4-8-12(13)17(15)22/h1-9H,10H2,(H,20,21). The van der Waals surface area contributed by atoms with Gasteiger partial charge in [-0.3, -0.25) is 14.4 Å². The van der Waals surface area contributed by atoms with Crippen molar-refractivity contribution in [3.63, 3.8) is 0 Å². The minimum absolute atomic E-state index is 0.0949. The van der Waals surface area contributed by atoms with Crippen molar-refractivity contribution in [2.24, 2.45) is 0 Å². The molecule has 4 nitrogen and oxygen atoms in total. The van der Waals surface area contributed by atoms with Crippen molar-refractivity contribution >= 4 is 29.1 Å². The predicted octanol–water partition coefficient (Wildman–Crippen LogP) is 2.87. The third kappa shape index (κ3) is 2.94. The molecular weight excluding hydrogens is 314 g/mol. The summed E-state index contributed by atoms with van der Waals surface area (Å²) in [5, 5.41) is 2.22. The van der Waals surface area contributed by atoms with E-state index in [9.17, 15) is 14.4 Å². The number of hydrogen-bond donors (Lipinski definition) is 1. The Hall–Kier alpha value is -2.72. The van der Waals surface area contributed by atoms with E-state index in [2.05, 4.69) is 5.32 Å². The molecule has 2 aromatic carbocycles. The number of rotatable bonds is 3. The number of halogens is 1. The molecule has 0 unspecified atom stereocenters. The highest BCUT2D eigenvalue weighted by Crippen LogP contribution is 2.27. The summed E-state index contributed by atoms with van der Waals surface area (Å²) in [5.74, 6) is -1.31. The maximum absolute atomic E-state index is 12.5. The fraction of sp³-hybridized carbons (Fsp3) is 0.0556. The van der Waals surface area contributed by atoms with Gasteiger partial charge in [0.05, 0.1) is 6.42 Å². The lowest BCUT2D eigenvalue weighted by atomic mass is 9.92. The second-order valence-electron chi connectivity index (χ2n) is 5.10. The number of fused-ring (bicyclic) bond motifs is 1. The van der Waals surface area contributed by atoms with Gasteiger partial charge >= 0.3 is 0 Å². The van der Waals surface area contributed by atoms with E-state index < -0.39 is 17.5 Å². The number of amides is 1. The van der Waals surface area contributed by atoms with E-state index in [1.165, 1.54) is 0 Å². The first-order valence-corrected chi connectivity index (χ1v) is 7.37. The highest BCUT2D eigenvalue weighted by molar-refractivity contribution is 6.50. The number of ketones is 2. The van der Waals surface area contributed by atoms with Gasteiger partial charge in [-0.25, -0.2) is 0 Å². The van der Waals surface area contributed by atoms with E-state index in [-0.39, 0.29) is 28.3 Å². The van der Waals surface area contributed by atoms with Crippen LogP contribution in [0.3, 0.4) is 0 Å². The van der Waals surface area contributed by atoms with Crippen LogP contribution in [0.15, 0.2) is 65.3 Å². The first-order chi connectivity index (χ1) is 11.1. The number of hydrogen-bond acceptors (Lipinski definition) is 3. The number of allylic oxidation sites excluding steroid dienone is 2. The fourth-order valence-corrected chi connectivity index (χ4v) is 2.66. The van der Waals surface area contributed by atoms with Crippen LogP contribution in [0.4, 0.5) is 0 Å². The van der Waals surface area contributed by atoms with Gasteiger partial charge in [0.15, 0.2) is 0 Å². The Morgan fingerprint density at radius 1 is 0.870 bits per heavy atom. The zero-order valence-electron chi connectivity index (χ0n) is 12.0. The first kappa shape index (κ1) is 15.2. The molecule has 0 aliphatic heterocycles. The van der Waals surface area contributed by atoms with E-state index >= 15 is 0 Å². The number of benzene rings is 2. The van der Waals surface area contributed by atoms with Crippen molar-refractivity contribution in [2.75, 3.05) is 0 Å². The Morgan fingerprint density at radius 2 is 1.43 bits per heavy atom. The molecule has 0 heterocycles. The van der Waals surface area contributed by atoms with Gasteiger partial charge in [-0.15, -0.1) is 0 Å². The van der Waals surface area contributed by atoms with Gasteiger partial charge in [-0.1, -0.05) is 66.2 Å². The van der Waals surface area contributed by atoms with Gasteiger partial charge < -0.3 is 5.32 Å². The highest BCUT2D eigenvalue weighted by atomic mass is 35.5. The Balaban J connectivity index is 1.85. The summed E-state index contributed by atoms with van der Waals surface area (Å²) in [4.78, 5) is 36.8. The summed E-state index contributed by atoms with van der Waals surface area (Å²) in [7, 11) is 0. The van der Waals surface area contributed by atoms with E-state index in [0.717, 1.165) is 5.56 Å². The van der Waals surface area contributed by atoms with E-state index in [0.29, 0.717) is 0 Å². The summed E-state index contributed by atoms with van der Waals surface area (Å²) in [6.07, 6.45) is 0.0949. The molecule has 5 heteroatoms. The quantitative estimate of drug-likeness (QED) is 0.943. The lowest BCUT2D eigenvalue weighted by Gasteiger charge is -2.18. The molecule has 0 saturated heterocycles. The van der Waals surface area contributed by atoms with Crippen molar-refractivity contribution in [1.82, 2.24) is 5.32 Å². The van der Waals surface area contributed by atoms with Crippen LogP contribution in [0.1, 0.15) is 26.3 Å². The molecule has 1 aliphatic carbocycles. The predicted molar refractivity (Wildman–Crippen MR) is 86.3 cm³/mol. The number of carbonyl (C=O) groups is 3. The normalized spacial score (nSPS) is 13.8. The largest absolute Gasteiger partial charge is 0.321 e. The lowest BCUT2D eigenvalue weighted by Crippen LogP contribution is -2.33. The second-order valence-corrected chi connectivity index (χ2v) is 5.48. The molecule has 1 N–H and O–H groups in total. The highest BCUT2D eigenvalue weighted by Gasteiger charge is 2.32. The molecule has 0 fully saturated rings. The van der Waals surface area contributed by atoms with Crippen LogP contribution >= 0.6 is 11.6 Å². The molecule has 0 atom stereocenters. The Labute approximate surface area is 137 Å². The fourth-order valence-electron chi connectivity index (χ4n) is 2.42. The van der Waals surface area contributed by atoms with Crippen LogP contribution in [-0.2, 0) is 11.2 Å². The average Bonchev–Trinajstić information content (AvgIpc) is 2.57. The molecule has 1 aliphatic rings. The van der Waals surface area contributed by atoms with Crippen LogP contribution in [-0.4, -0.2) is 17.5 Å². The molecule has 114 valence electrons. The van der Waals surface area contributed by atoms with Gasteiger partial charge in [-0.05, 0) is 5.56 Å². The number of carbonyl (C=O) groups excluding carboxylic acids is 3. The first-order valence-electron chi connectivity index (χ1n) is 7.00. The summed E-state index contributed by atoms with van der Waals surface area (Å²) < 4.78 is 0. The molecule has 0 spiro atoms. The maximum Gasteiger partial charge on any atom is 0.228 e. The van der Waals surface area contributed by atoms with E-state index in [1.807, 2.05) is 18.2 Å². The Kier molecular flexibility index (Phi) is 4.08. The van der Waals surface area contributed by atoms with Crippen LogP contribution in [0.2, 0.25) is 0 Å². The van der Waals surface area contributed by atoms with E-state index in [1.54, 1.807) is 36.4 Å². The van der Waals surface area contributed by atoms with Gasteiger partial charge in [0.2, 0.25) is 17.5 Å². The molecule has 23 heavy (non-hydrogen) atoms. The number of nitrogens with one attached hydrogen (secondary N) is 1. The topological polar surface area (TPSA) is 63.2 Å². The molecule has 1 amide bonds. The summed E-state index contributed by atoms with van der Waals surface area (Å²) >= 11 is 6.00. The van der Waals surface area contributed by atoms with Gasteiger partial charge in [0.1, 0.15) is 10.7 Å². The molecule has 0 radical (unpaired) electrons.